The first kappa shape index (κ1) is 14.2. The predicted molar refractivity (Wildman–Crippen MR) is 61.8 cm³/mol. The summed E-state index contributed by atoms with van der Waals surface area (Å²) in [7, 11) is 0. The quantitative estimate of drug-likeness (QED) is 0.746. The van der Waals surface area contributed by atoms with Crippen molar-refractivity contribution in [3.8, 4) is 0 Å². The van der Waals surface area contributed by atoms with E-state index in [4.69, 9.17) is 18.9 Å². The van der Waals surface area contributed by atoms with Crippen LogP contribution in [0.1, 0.15) is 27.7 Å². The molecular weight excluding hydrogens is 240 g/mol. The third-order valence-corrected chi connectivity index (χ3v) is 3.39. The molecule has 0 aliphatic carbocycles. The highest BCUT2D eigenvalue weighted by Crippen LogP contribution is 2.36. The fourth-order valence-corrected chi connectivity index (χ4v) is 2.28. The van der Waals surface area contributed by atoms with Gasteiger partial charge in [0, 0.05) is 0 Å². The Labute approximate surface area is 107 Å². The van der Waals surface area contributed by atoms with E-state index in [0.29, 0.717) is 0 Å². The lowest BCUT2D eigenvalue weighted by atomic mass is 9.91. The topological polar surface area (TPSA) is 77.4 Å². The van der Waals surface area contributed by atoms with Crippen LogP contribution in [0.3, 0.4) is 0 Å². The van der Waals surface area contributed by atoms with Crippen molar-refractivity contribution >= 4 is 0 Å². The second-order valence-corrected chi connectivity index (χ2v) is 5.78. The van der Waals surface area contributed by atoms with Gasteiger partial charge in [0.15, 0.2) is 11.6 Å². The zero-order valence-corrected chi connectivity index (χ0v) is 11.3. The van der Waals surface area contributed by atoms with Gasteiger partial charge in [0.25, 0.3) is 0 Å². The molecule has 18 heavy (non-hydrogen) atoms. The summed E-state index contributed by atoms with van der Waals surface area (Å²) in [6.45, 7) is 7.01. The van der Waals surface area contributed by atoms with Gasteiger partial charge in [-0.25, -0.2) is 0 Å². The summed E-state index contributed by atoms with van der Waals surface area (Å²) < 4.78 is 22.1. The molecule has 0 unspecified atom stereocenters. The van der Waals surface area contributed by atoms with Crippen LogP contribution in [0, 0.1) is 0 Å². The van der Waals surface area contributed by atoms with Crippen molar-refractivity contribution < 1.29 is 29.2 Å². The molecule has 2 fully saturated rings. The molecule has 2 aliphatic heterocycles. The van der Waals surface area contributed by atoms with E-state index in [1.807, 2.05) is 0 Å². The molecule has 6 nitrogen and oxygen atoms in total. The minimum Gasteiger partial charge on any atom is -0.393 e. The summed E-state index contributed by atoms with van der Waals surface area (Å²) in [5, 5.41) is 20.1. The second kappa shape index (κ2) is 4.40. The summed E-state index contributed by atoms with van der Waals surface area (Å²) in [5.41, 5.74) is -1.53. The van der Waals surface area contributed by atoms with Crippen molar-refractivity contribution in [1.82, 2.24) is 0 Å². The van der Waals surface area contributed by atoms with Gasteiger partial charge in [0.1, 0.15) is 17.8 Å². The third kappa shape index (κ3) is 2.54. The van der Waals surface area contributed by atoms with Gasteiger partial charge in [0.05, 0.1) is 19.8 Å². The number of hydrogen-bond acceptors (Lipinski definition) is 6. The molecule has 6 heteroatoms. The van der Waals surface area contributed by atoms with Crippen LogP contribution in [0.5, 0.6) is 0 Å². The molecule has 0 aromatic heterocycles. The number of hydrogen-bond donors (Lipinski definition) is 2. The van der Waals surface area contributed by atoms with Gasteiger partial charge in [-0.3, -0.25) is 0 Å². The minimum absolute atomic E-state index is 0.213. The van der Waals surface area contributed by atoms with E-state index in [2.05, 4.69) is 0 Å². The van der Waals surface area contributed by atoms with Crippen LogP contribution in [0.25, 0.3) is 0 Å². The number of rotatable bonds is 3. The smallest absolute Gasteiger partial charge is 0.163 e. The van der Waals surface area contributed by atoms with Crippen LogP contribution >= 0.6 is 0 Å². The Morgan fingerprint density at radius 2 is 1.39 bits per heavy atom. The summed E-state index contributed by atoms with van der Waals surface area (Å²) in [6.07, 6.45) is -1.28. The lowest BCUT2D eigenvalue weighted by molar-refractivity contribution is -0.222. The molecule has 0 spiro atoms. The standard InChI is InChI=1S/C12H22O6/c1-10(2)15-5-8(17-10)12(14,7-13)9-6-16-11(3,4)18-9/h8-9,13-14H,5-7H2,1-4H3/t8-,9-/m1/s1. The van der Waals surface area contributed by atoms with Gasteiger partial charge in [-0.1, -0.05) is 0 Å². The molecule has 0 aromatic rings. The monoisotopic (exact) mass is 262 g/mol. The fourth-order valence-electron chi connectivity index (χ4n) is 2.28. The Kier molecular flexibility index (Phi) is 3.46. The molecular formula is C12H22O6. The van der Waals surface area contributed by atoms with Gasteiger partial charge in [0.2, 0.25) is 0 Å². The predicted octanol–water partition coefficient (Wildman–Crippen LogP) is 0.0128. The van der Waals surface area contributed by atoms with Crippen LogP contribution in [0.15, 0.2) is 0 Å². The Morgan fingerprint density at radius 3 is 1.61 bits per heavy atom. The van der Waals surface area contributed by atoms with Crippen molar-refractivity contribution in [3.05, 3.63) is 0 Å². The number of aliphatic hydroxyl groups excluding tert-OH is 1. The van der Waals surface area contributed by atoms with Gasteiger partial charge in [-0.2, -0.15) is 0 Å². The third-order valence-electron chi connectivity index (χ3n) is 3.39. The van der Waals surface area contributed by atoms with Gasteiger partial charge in [-0.05, 0) is 27.7 Å². The molecule has 0 amide bonds. The Balaban J connectivity index is 2.11. The Hall–Kier alpha value is -0.240. The van der Waals surface area contributed by atoms with E-state index in [-0.39, 0.29) is 13.2 Å². The SMILES string of the molecule is CC1(C)OC[C@H](C(O)(CO)[C@H]2COC(C)(C)O2)O1. The van der Waals surface area contributed by atoms with E-state index in [9.17, 15) is 10.2 Å². The molecule has 2 heterocycles. The van der Waals surface area contributed by atoms with E-state index < -0.39 is 36.0 Å². The highest BCUT2D eigenvalue weighted by molar-refractivity contribution is 4.99. The Bertz CT molecular complexity index is 288. The summed E-state index contributed by atoms with van der Waals surface area (Å²) in [5.74, 6) is -1.52. The lowest BCUT2D eigenvalue weighted by Gasteiger charge is -2.35. The van der Waals surface area contributed by atoms with Gasteiger partial charge in [-0.15, -0.1) is 0 Å². The van der Waals surface area contributed by atoms with E-state index in [1.54, 1.807) is 27.7 Å². The van der Waals surface area contributed by atoms with Gasteiger partial charge < -0.3 is 29.2 Å². The molecule has 2 rings (SSSR count). The minimum atomic E-state index is -1.53. The fraction of sp³-hybridized carbons (Fsp3) is 1.00. The molecule has 106 valence electrons. The van der Waals surface area contributed by atoms with Crippen LogP contribution in [-0.2, 0) is 18.9 Å². The van der Waals surface area contributed by atoms with Gasteiger partial charge >= 0.3 is 0 Å². The normalized spacial score (nSPS) is 35.0. The number of ether oxygens (including phenoxy) is 4. The molecule has 2 atom stereocenters. The molecule has 0 aromatic carbocycles. The van der Waals surface area contributed by atoms with Crippen molar-refractivity contribution in [2.24, 2.45) is 0 Å². The summed E-state index contributed by atoms with van der Waals surface area (Å²) in [6, 6.07) is 0. The maximum atomic E-state index is 10.6. The zero-order valence-electron chi connectivity index (χ0n) is 11.3. The van der Waals surface area contributed by atoms with Crippen molar-refractivity contribution in [3.63, 3.8) is 0 Å². The van der Waals surface area contributed by atoms with E-state index in [1.165, 1.54) is 0 Å². The first-order chi connectivity index (χ1) is 8.19. The molecule has 0 bridgehead atoms. The highest BCUT2D eigenvalue weighted by atomic mass is 16.8. The Morgan fingerprint density at radius 1 is 1.00 bits per heavy atom. The van der Waals surface area contributed by atoms with Crippen LogP contribution in [-0.4, -0.2) is 59.4 Å². The summed E-state index contributed by atoms with van der Waals surface area (Å²) in [4.78, 5) is 0. The molecule has 0 saturated carbocycles. The first-order valence-electron chi connectivity index (χ1n) is 6.15. The first-order valence-corrected chi connectivity index (χ1v) is 6.15. The van der Waals surface area contributed by atoms with Crippen molar-refractivity contribution in [2.75, 3.05) is 19.8 Å². The highest BCUT2D eigenvalue weighted by Gasteiger charge is 2.54. The molecule has 2 aliphatic rings. The van der Waals surface area contributed by atoms with Crippen LogP contribution < -0.4 is 0 Å². The van der Waals surface area contributed by atoms with E-state index >= 15 is 0 Å². The maximum Gasteiger partial charge on any atom is 0.163 e. The average molecular weight is 262 g/mol. The lowest BCUT2D eigenvalue weighted by Crippen LogP contribution is -2.57. The van der Waals surface area contributed by atoms with Crippen molar-refractivity contribution in [1.29, 1.82) is 0 Å². The van der Waals surface area contributed by atoms with E-state index in [0.717, 1.165) is 0 Å². The van der Waals surface area contributed by atoms with Crippen LogP contribution in [0.4, 0.5) is 0 Å². The average Bonchev–Trinajstić information content (AvgIpc) is 2.80. The molecule has 2 saturated heterocycles. The molecule has 0 radical (unpaired) electrons. The second-order valence-electron chi connectivity index (χ2n) is 5.78. The largest absolute Gasteiger partial charge is 0.393 e. The molecule has 2 N–H and O–H groups in total. The summed E-state index contributed by atoms with van der Waals surface area (Å²) >= 11 is 0. The zero-order chi connectivity index (χ0) is 13.6. The number of aliphatic hydroxyl groups is 2. The van der Waals surface area contributed by atoms with Crippen LogP contribution in [0.2, 0.25) is 0 Å². The maximum absolute atomic E-state index is 10.6. The van der Waals surface area contributed by atoms with Crippen molar-refractivity contribution in [2.45, 2.75) is 57.1 Å².